The summed E-state index contributed by atoms with van der Waals surface area (Å²) in [6.45, 7) is 0. The summed E-state index contributed by atoms with van der Waals surface area (Å²) < 4.78 is 0. The minimum atomic E-state index is -0.154. The van der Waals surface area contributed by atoms with E-state index in [2.05, 4.69) is 5.32 Å². The van der Waals surface area contributed by atoms with Crippen LogP contribution in [0.2, 0.25) is 10.0 Å². The maximum atomic E-state index is 11.2. The number of hydrogen-bond donors (Lipinski definition) is 1. The van der Waals surface area contributed by atoms with E-state index in [0.717, 1.165) is 0 Å². The molecule has 5 heteroatoms. The average molecular weight is 253 g/mol. The molecular weight excluding hydrogens is 244 g/mol. The molecule has 0 saturated carbocycles. The lowest BCUT2D eigenvalue weighted by molar-refractivity contribution is -0.115. The Hall–Kier alpha value is -0.440. The average Bonchev–Trinajstić information content (AvgIpc) is 2.01. The van der Waals surface area contributed by atoms with Gasteiger partial charge in [-0.3, -0.25) is 4.79 Å². The van der Waals surface area contributed by atoms with Gasteiger partial charge in [-0.15, -0.1) is 11.6 Å². The van der Waals surface area contributed by atoms with Gasteiger partial charge >= 0.3 is 0 Å². The number of hydrogen-bond acceptors (Lipinski definition) is 1. The van der Waals surface area contributed by atoms with Gasteiger partial charge in [0.25, 0.3) is 0 Å². The van der Waals surface area contributed by atoms with Gasteiger partial charge < -0.3 is 5.32 Å². The zero-order chi connectivity index (χ0) is 10.6. The second-order valence-electron chi connectivity index (χ2n) is 2.65. The molecule has 0 spiro atoms. The Morgan fingerprint density at radius 3 is 2.29 bits per heavy atom. The third kappa shape index (κ3) is 3.74. The lowest BCUT2D eigenvalue weighted by atomic mass is 10.3. The van der Waals surface area contributed by atoms with E-state index in [1.165, 1.54) is 0 Å². The molecule has 0 radical (unpaired) electrons. The van der Waals surface area contributed by atoms with Crippen LogP contribution in [0.3, 0.4) is 0 Å². The topological polar surface area (TPSA) is 29.1 Å². The van der Waals surface area contributed by atoms with Gasteiger partial charge in [0, 0.05) is 28.0 Å². The number of nitrogens with one attached hydrogen (secondary N) is 1. The fourth-order valence-corrected chi connectivity index (χ4v) is 1.63. The molecule has 76 valence electrons. The molecule has 0 saturated heterocycles. The molecule has 0 heterocycles. The molecule has 1 amide bonds. The first-order valence-electron chi connectivity index (χ1n) is 3.93. The molecule has 1 aromatic carbocycles. The molecule has 0 atom stereocenters. The molecule has 14 heavy (non-hydrogen) atoms. The molecule has 1 aromatic rings. The third-order valence-electron chi connectivity index (χ3n) is 1.47. The van der Waals surface area contributed by atoms with Crippen molar-refractivity contribution < 1.29 is 4.79 Å². The summed E-state index contributed by atoms with van der Waals surface area (Å²) in [5.74, 6) is 0.137. The number of rotatable bonds is 3. The van der Waals surface area contributed by atoms with E-state index in [0.29, 0.717) is 21.6 Å². The SMILES string of the molecule is O=C(CCCl)Nc1cc(Cl)cc(Cl)c1. The van der Waals surface area contributed by atoms with E-state index in [1.54, 1.807) is 18.2 Å². The van der Waals surface area contributed by atoms with Crippen molar-refractivity contribution in [2.75, 3.05) is 11.2 Å². The second kappa shape index (κ2) is 5.44. The zero-order valence-corrected chi connectivity index (χ0v) is 9.46. The van der Waals surface area contributed by atoms with Crippen LogP contribution >= 0.6 is 34.8 Å². The highest BCUT2D eigenvalue weighted by Gasteiger charge is 2.02. The predicted octanol–water partition coefficient (Wildman–Crippen LogP) is 3.56. The van der Waals surface area contributed by atoms with Crippen molar-refractivity contribution in [2.24, 2.45) is 0 Å². The standard InChI is InChI=1S/C9H8Cl3NO/c10-2-1-9(14)13-8-4-6(11)3-7(12)5-8/h3-5H,1-2H2,(H,13,14). The number of benzene rings is 1. The van der Waals surface area contributed by atoms with Crippen molar-refractivity contribution in [2.45, 2.75) is 6.42 Å². The Morgan fingerprint density at radius 2 is 1.79 bits per heavy atom. The Balaban J connectivity index is 2.71. The highest BCUT2D eigenvalue weighted by molar-refractivity contribution is 6.35. The summed E-state index contributed by atoms with van der Waals surface area (Å²) in [5, 5.41) is 3.60. The monoisotopic (exact) mass is 251 g/mol. The van der Waals surface area contributed by atoms with Gasteiger partial charge in [-0.1, -0.05) is 23.2 Å². The Labute approximate surface area is 97.1 Å². The summed E-state index contributed by atoms with van der Waals surface area (Å²) in [6, 6.07) is 4.85. The van der Waals surface area contributed by atoms with E-state index < -0.39 is 0 Å². The molecule has 0 aliphatic carbocycles. The number of anilines is 1. The fourth-order valence-electron chi connectivity index (χ4n) is 0.935. The normalized spacial score (nSPS) is 9.93. The van der Waals surface area contributed by atoms with Gasteiger partial charge in [-0.2, -0.15) is 0 Å². The van der Waals surface area contributed by atoms with Crippen LogP contribution in [0.1, 0.15) is 6.42 Å². The first-order chi connectivity index (χ1) is 6.61. The quantitative estimate of drug-likeness (QED) is 0.819. The molecule has 1 N–H and O–H groups in total. The maximum absolute atomic E-state index is 11.2. The van der Waals surface area contributed by atoms with Crippen molar-refractivity contribution in [3.63, 3.8) is 0 Å². The van der Waals surface area contributed by atoms with Gasteiger partial charge in [-0.05, 0) is 18.2 Å². The van der Waals surface area contributed by atoms with Crippen molar-refractivity contribution >= 4 is 46.4 Å². The van der Waals surface area contributed by atoms with Gasteiger partial charge in [0.1, 0.15) is 0 Å². The molecule has 0 aliphatic rings. The fraction of sp³-hybridized carbons (Fsp3) is 0.222. The Morgan fingerprint density at radius 1 is 1.21 bits per heavy atom. The van der Waals surface area contributed by atoms with Gasteiger partial charge in [-0.25, -0.2) is 0 Å². The van der Waals surface area contributed by atoms with Crippen LogP contribution in [-0.2, 0) is 4.79 Å². The minimum absolute atomic E-state index is 0.154. The molecule has 0 aromatic heterocycles. The van der Waals surface area contributed by atoms with Gasteiger partial charge in [0.2, 0.25) is 5.91 Å². The molecule has 2 nitrogen and oxygen atoms in total. The first-order valence-corrected chi connectivity index (χ1v) is 5.23. The van der Waals surface area contributed by atoms with Crippen molar-refractivity contribution in [3.8, 4) is 0 Å². The van der Waals surface area contributed by atoms with Crippen molar-refractivity contribution in [1.29, 1.82) is 0 Å². The minimum Gasteiger partial charge on any atom is -0.326 e. The molecular formula is C9H8Cl3NO. The van der Waals surface area contributed by atoms with Crippen LogP contribution in [0, 0.1) is 0 Å². The van der Waals surface area contributed by atoms with Gasteiger partial charge in [0.05, 0.1) is 0 Å². The van der Waals surface area contributed by atoms with E-state index >= 15 is 0 Å². The number of amides is 1. The van der Waals surface area contributed by atoms with Crippen LogP contribution in [0.25, 0.3) is 0 Å². The zero-order valence-electron chi connectivity index (χ0n) is 7.19. The van der Waals surface area contributed by atoms with Crippen molar-refractivity contribution in [3.05, 3.63) is 28.2 Å². The van der Waals surface area contributed by atoms with Gasteiger partial charge in [0.15, 0.2) is 0 Å². The summed E-state index contributed by atoms with van der Waals surface area (Å²) in [6.07, 6.45) is 0.270. The van der Waals surface area contributed by atoms with E-state index in [4.69, 9.17) is 34.8 Å². The molecule has 1 rings (SSSR count). The second-order valence-corrected chi connectivity index (χ2v) is 3.90. The van der Waals surface area contributed by atoms with Crippen LogP contribution in [0.5, 0.6) is 0 Å². The summed E-state index contributed by atoms with van der Waals surface area (Å²) >= 11 is 16.9. The molecule has 0 fully saturated rings. The van der Waals surface area contributed by atoms with Crippen molar-refractivity contribution in [1.82, 2.24) is 0 Å². The van der Waals surface area contributed by atoms with Crippen LogP contribution in [0.4, 0.5) is 5.69 Å². The van der Waals surface area contributed by atoms with Crippen LogP contribution in [0.15, 0.2) is 18.2 Å². The number of halogens is 3. The molecule has 0 unspecified atom stereocenters. The van der Waals surface area contributed by atoms with E-state index in [9.17, 15) is 4.79 Å². The lowest BCUT2D eigenvalue weighted by Crippen LogP contribution is -2.11. The van der Waals surface area contributed by atoms with E-state index in [1.807, 2.05) is 0 Å². The summed E-state index contributed by atoms with van der Waals surface area (Å²) in [4.78, 5) is 11.2. The largest absolute Gasteiger partial charge is 0.326 e. The Bertz CT molecular complexity index is 321. The van der Waals surface area contributed by atoms with E-state index in [-0.39, 0.29) is 12.3 Å². The maximum Gasteiger partial charge on any atom is 0.225 e. The summed E-state index contributed by atoms with van der Waals surface area (Å²) in [7, 11) is 0. The number of carbonyl (C=O) groups excluding carboxylic acids is 1. The Kier molecular flexibility index (Phi) is 4.52. The molecule has 0 bridgehead atoms. The summed E-state index contributed by atoms with van der Waals surface area (Å²) in [5.41, 5.74) is 0.581. The number of carbonyl (C=O) groups is 1. The molecule has 0 aliphatic heterocycles. The predicted molar refractivity (Wildman–Crippen MR) is 60.4 cm³/mol. The highest BCUT2D eigenvalue weighted by atomic mass is 35.5. The van der Waals surface area contributed by atoms with Crippen LogP contribution in [-0.4, -0.2) is 11.8 Å². The first kappa shape index (κ1) is 11.6. The van der Waals surface area contributed by atoms with Crippen LogP contribution < -0.4 is 5.32 Å². The lowest BCUT2D eigenvalue weighted by Gasteiger charge is -2.04. The third-order valence-corrected chi connectivity index (χ3v) is 2.09. The number of alkyl halides is 1. The highest BCUT2D eigenvalue weighted by Crippen LogP contribution is 2.22. The smallest absolute Gasteiger partial charge is 0.225 e.